The van der Waals surface area contributed by atoms with Crippen LogP contribution in [0.4, 0.5) is 5.69 Å². The maximum atomic E-state index is 12.6. The van der Waals surface area contributed by atoms with Crippen LogP contribution in [0.2, 0.25) is 5.02 Å². The third-order valence-corrected chi connectivity index (χ3v) is 5.69. The summed E-state index contributed by atoms with van der Waals surface area (Å²) in [5.74, 6) is -0.106. The second-order valence-electron chi connectivity index (χ2n) is 5.34. The molecule has 0 bridgehead atoms. The van der Waals surface area contributed by atoms with Gasteiger partial charge in [0.15, 0.2) is 0 Å². The Morgan fingerprint density at radius 1 is 1.13 bits per heavy atom. The van der Waals surface area contributed by atoms with E-state index >= 15 is 0 Å². The van der Waals surface area contributed by atoms with Crippen molar-refractivity contribution in [2.45, 2.75) is 11.3 Å². The summed E-state index contributed by atoms with van der Waals surface area (Å²) < 4.78 is 27.7. The van der Waals surface area contributed by atoms with Gasteiger partial charge in [-0.15, -0.1) is 0 Å². The standard InChI is InChI=1S/C16H15ClN2O3S/c1-19-10-9-11-12(16(19)20)5-4-7-14(11)18-23(21,22)15-8-3-2-6-13(15)17/h2-8,18H,9-10H2,1H3. The summed E-state index contributed by atoms with van der Waals surface area (Å²) in [7, 11) is -2.09. The van der Waals surface area contributed by atoms with Gasteiger partial charge in [0, 0.05) is 19.2 Å². The van der Waals surface area contributed by atoms with E-state index < -0.39 is 10.0 Å². The highest BCUT2D eigenvalue weighted by Gasteiger charge is 2.26. The molecule has 1 amide bonds. The fourth-order valence-electron chi connectivity index (χ4n) is 2.60. The highest BCUT2D eigenvalue weighted by molar-refractivity contribution is 7.92. The summed E-state index contributed by atoms with van der Waals surface area (Å²) in [5.41, 5.74) is 1.66. The van der Waals surface area contributed by atoms with Gasteiger partial charge in [-0.2, -0.15) is 0 Å². The smallest absolute Gasteiger partial charge is 0.263 e. The molecule has 0 unspecified atom stereocenters. The van der Waals surface area contributed by atoms with Gasteiger partial charge in [-0.05, 0) is 36.2 Å². The normalized spacial score (nSPS) is 14.5. The number of hydrogen-bond acceptors (Lipinski definition) is 3. The van der Waals surface area contributed by atoms with Gasteiger partial charge < -0.3 is 4.90 Å². The van der Waals surface area contributed by atoms with E-state index in [1.54, 1.807) is 42.3 Å². The van der Waals surface area contributed by atoms with Gasteiger partial charge in [0.1, 0.15) is 4.90 Å². The van der Waals surface area contributed by atoms with Crippen LogP contribution >= 0.6 is 11.6 Å². The Balaban J connectivity index is 2.02. The molecule has 120 valence electrons. The third kappa shape index (κ3) is 2.92. The molecule has 1 heterocycles. The average molecular weight is 351 g/mol. The Bertz CT molecular complexity index is 881. The molecule has 0 atom stereocenters. The quantitative estimate of drug-likeness (QED) is 0.925. The first-order chi connectivity index (χ1) is 10.9. The van der Waals surface area contributed by atoms with Crippen molar-refractivity contribution in [2.24, 2.45) is 0 Å². The van der Waals surface area contributed by atoms with Gasteiger partial charge in [-0.1, -0.05) is 29.8 Å². The van der Waals surface area contributed by atoms with E-state index in [0.29, 0.717) is 29.8 Å². The van der Waals surface area contributed by atoms with E-state index in [4.69, 9.17) is 11.6 Å². The van der Waals surface area contributed by atoms with Crippen molar-refractivity contribution in [3.8, 4) is 0 Å². The number of amides is 1. The largest absolute Gasteiger partial charge is 0.341 e. The number of likely N-dealkylation sites (N-methyl/N-ethyl adjacent to an activating group) is 1. The van der Waals surface area contributed by atoms with Crippen LogP contribution in [0.3, 0.4) is 0 Å². The van der Waals surface area contributed by atoms with Crippen LogP contribution < -0.4 is 4.72 Å². The van der Waals surface area contributed by atoms with Gasteiger partial charge in [0.05, 0.1) is 10.7 Å². The molecule has 1 aliphatic heterocycles. The minimum atomic E-state index is -3.82. The second kappa shape index (κ2) is 5.86. The van der Waals surface area contributed by atoms with Crippen molar-refractivity contribution in [1.82, 2.24) is 4.90 Å². The fourth-order valence-corrected chi connectivity index (χ4v) is 4.21. The molecule has 0 radical (unpaired) electrons. The van der Waals surface area contributed by atoms with Crippen molar-refractivity contribution >= 4 is 33.2 Å². The van der Waals surface area contributed by atoms with E-state index in [1.165, 1.54) is 12.1 Å². The van der Waals surface area contributed by atoms with Gasteiger partial charge in [0.2, 0.25) is 0 Å². The number of anilines is 1. The first-order valence-electron chi connectivity index (χ1n) is 7.05. The first-order valence-corrected chi connectivity index (χ1v) is 8.91. The lowest BCUT2D eigenvalue weighted by Crippen LogP contribution is -2.34. The number of rotatable bonds is 3. The SMILES string of the molecule is CN1CCc2c(NS(=O)(=O)c3ccccc3Cl)cccc2C1=O. The zero-order chi connectivity index (χ0) is 16.6. The van der Waals surface area contributed by atoms with E-state index in [0.717, 1.165) is 0 Å². The molecule has 0 saturated heterocycles. The summed E-state index contributed by atoms with van der Waals surface area (Å²) in [6.07, 6.45) is 0.596. The summed E-state index contributed by atoms with van der Waals surface area (Å²) in [4.78, 5) is 13.8. The molecule has 5 nitrogen and oxygen atoms in total. The Morgan fingerprint density at radius 2 is 1.87 bits per heavy atom. The molecule has 2 aromatic carbocycles. The van der Waals surface area contributed by atoms with Crippen molar-refractivity contribution in [3.05, 3.63) is 58.6 Å². The van der Waals surface area contributed by atoms with E-state index in [1.807, 2.05) is 0 Å². The monoisotopic (exact) mass is 350 g/mol. The molecule has 0 spiro atoms. The van der Waals surface area contributed by atoms with Crippen molar-refractivity contribution in [2.75, 3.05) is 18.3 Å². The van der Waals surface area contributed by atoms with Crippen molar-refractivity contribution < 1.29 is 13.2 Å². The topological polar surface area (TPSA) is 66.5 Å². The van der Waals surface area contributed by atoms with Gasteiger partial charge in [-0.25, -0.2) is 8.42 Å². The zero-order valence-electron chi connectivity index (χ0n) is 12.4. The zero-order valence-corrected chi connectivity index (χ0v) is 14.0. The summed E-state index contributed by atoms with van der Waals surface area (Å²) in [6, 6.07) is 11.3. The van der Waals surface area contributed by atoms with Crippen molar-refractivity contribution in [3.63, 3.8) is 0 Å². The molecule has 23 heavy (non-hydrogen) atoms. The Hall–Kier alpha value is -2.05. The molecule has 7 heteroatoms. The van der Waals surface area contributed by atoms with Gasteiger partial charge in [0.25, 0.3) is 15.9 Å². The Morgan fingerprint density at radius 3 is 2.61 bits per heavy atom. The number of fused-ring (bicyclic) bond motifs is 1. The van der Waals surface area contributed by atoms with Crippen LogP contribution in [-0.4, -0.2) is 32.8 Å². The lowest BCUT2D eigenvalue weighted by molar-refractivity contribution is 0.0781. The van der Waals surface area contributed by atoms with E-state index in [-0.39, 0.29) is 15.8 Å². The lowest BCUT2D eigenvalue weighted by atomic mass is 9.98. The second-order valence-corrected chi connectivity index (χ2v) is 7.40. The molecule has 2 aromatic rings. The number of nitrogens with one attached hydrogen (secondary N) is 1. The minimum Gasteiger partial charge on any atom is -0.341 e. The molecule has 3 rings (SSSR count). The number of sulfonamides is 1. The van der Waals surface area contributed by atoms with Crippen LogP contribution in [0.15, 0.2) is 47.4 Å². The van der Waals surface area contributed by atoms with Crippen LogP contribution in [0.1, 0.15) is 15.9 Å². The van der Waals surface area contributed by atoms with Crippen molar-refractivity contribution in [1.29, 1.82) is 0 Å². The molecular weight excluding hydrogens is 336 g/mol. The van der Waals surface area contributed by atoms with Crippen LogP contribution in [-0.2, 0) is 16.4 Å². The molecule has 0 fully saturated rings. The number of nitrogens with zero attached hydrogens (tertiary/aromatic N) is 1. The third-order valence-electron chi connectivity index (χ3n) is 3.82. The highest BCUT2D eigenvalue weighted by atomic mass is 35.5. The maximum absolute atomic E-state index is 12.6. The number of benzene rings is 2. The number of carbonyl (C=O) groups excluding carboxylic acids is 1. The first kappa shape index (κ1) is 15.8. The predicted octanol–water partition coefficient (Wildman–Crippen LogP) is 2.77. The number of carbonyl (C=O) groups is 1. The summed E-state index contributed by atoms with van der Waals surface area (Å²) in [6.45, 7) is 0.552. The summed E-state index contributed by atoms with van der Waals surface area (Å²) >= 11 is 5.98. The molecule has 0 saturated carbocycles. The van der Waals surface area contributed by atoms with E-state index in [2.05, 4.69) is 4.72 Å². The van der Waals surface area contributed by atoms with Crippen LogP contribution in [0.25, 0.3) is 0 Å². The molecule has 0 aliphatic carbocycles. The molecule has 1 aliphatic rings. The van der Waals surface area contributed by atoms with Gasteiger partial charge in [-0.3, -0.25) is 9.52 Å². The lowest BCUT2D eigenvalue weighted by Gasteiger charge is -2.26. The number of halogens is 1. The average Bonchev–Trinajstić information content (AvgIpc) is 2.51. The van der Waals surface area contributed by atoms with Gasteiger partial charge >= 0.3 is 0 Å². The predicted molar refractivity (Wildman–Crippen MR) is 89.4 cm³/mol. The maximum Gasteiger partial charge on any atom is 0.263 e. The Labute approximate surface area is 139 Å². The minimum absolute atomic E-state index is 0.0125. The van der Waals surface area contributed by atoms with Crippen LogP contribution in [0, 0.1) is 0 Å². The number of hydrogen-bond donors (Lipinski definition) is 1. The molecular formula is C16H15ClN2O3S. The Kier molecular flexibility index (Phi) is 4.04. The molecule has 0 aromatic heterocycles. The fraction of sp³-hybridized carbons (Fsp3) is 0.188. The molecule has 1 N–H and O–H groups in total. The van der Waals surface area contributed by atoms with E-state index in [9.17, 15) is 13.2 Å². The summed E-state index contributed by atoms with van der Waals surface area (Å²) in [5, 5.41) is 0.153. The highest BCUT2D eigenvalue weighted by Crippen LogP contribution is 2.29. The van der Waals surface area contributed by atoms with Crippen LogP contribution in [0.5, 0.6) is 0 Å².